The molecule has 0 amide bonds. The zero-order valence-electron chi connectivity index (χ0n) is 10.5. The molecule has 1 saturated carbocycles. The third-order valence-electron chi connectivity index (χ3n) is 3.64. The van der Waals surface area contributed by atoms with Crippen LogP contribution in [0.25, 0.3) is 0 Å². The van der Waals surface area contributed by atoms with E-state index in [1.54, 1.807) is 0 Å². The fourth-order valence-electron chi connectivity index (χ4n) is 2.46. The fraction of sp³-hybridized carbons (Fsp3) is 0.533. The van der Waals surface area contributed by atoms with E-state index in [4.69, 9.17) is 0 Å². The van der Waals surface area contributed by atoms with Gasteiger partial charge in [-0.3, -0.25) is 4.79 Å². The highest BCUT2D eigenvalue weighted by molar-refractivity contribution is 5.79. The Balaban J connectivity index is 1.87. The van der Waals surface area contributed by atoms with Crippen molar-refractivity contribution in [1.82, 2.24) is 0 Å². The first kappa shape index (κ1) is 12.2. The number of nitrogens with one attached hydrogen (secondary N) is 1. The van der Waals surface area contributed by atoms with Crippen LogP contribution < -0.4 is 5.32 Å². The van der Waals surface area contributed by atoms with Gasteiger partial charge in [0.15, 0.2) is 0 Å². The number of aryl methyl sites for hydroxylation is 1. The lowest BCUT2D eigenvalue weighted by atomic mass is 9.88. The average molecular weight is 231 g/mol. The molecule has 0 heterocycles. The molecular weight excluding hydrogens is 210 g/mol. The van der Waals surface area contributed by atoms with Crippen molar-refractivity contribution in [3.05, 3.63) is 29.8 Å². The van der Waals surface area contributed by atoms with Crippen molar-refractivity contribution in [2.24, 2.45) is 5.92 Å². The number of hydrogen-bond donors (Lipinski definition) is 1. The van der Waals surface area contributed by atoms with Gasteiger partial charge in [-0.2, -0.15) is 0 Å². The van der Waals surface area contributed by atoms with Crippen molar-refractivity contribution in [3.63, 3.8) is 0 Å². The molecular formula is C15H21NO. The summed E-state index contributed by atoms with van der Waals surface area (Å²) < 4.78 is 0. The summed E-state index contributed by atoms with van der Waals surface area (Å²) in [5, 5.41) is 3.54. The molecule has 2 heteroatoms. The zero-order chi connectivity index (χ0) is 12.1. The molecule has 0 saturated heterocycles. The molecule has 0 atom stereocenters. The average Bonchev–Trinajstić information content (AvgIpc) is 2.38. The van der Waals surface area contributed by atoms with Gasteiger partial charge in [-0.25, -0.2) is 0 Å². The van der Waals surface area contributed by atoms with Crippen LogP contribution >= 0.6 is 0 Å². The predicted octanol–water partition coefficient (Wildman–Crippen LogP) is 3.42. The predicted molar refractivity (Wildman–Crippen MR) is 71.3 cm³/mol. The van der Waals surface area contributed by atoms with Gasteiger partial charge in [0.1, 0.15) is 5.78 Å². The molecule has 92 valence electrons. The summed E-state index contributed by atoms with van der Waals surface area (Å²) in [5.74, 6) is 1.10. The SMILES string of the molecule is CCc1ccccc1NCC1CCC(=O)CC1. The van der Waals surface area contributed by atoms with Crippen molar-refractivity contribution in [2.75, 3.05) is 11.9 Å². The normalized spacial score (nSPS) is 17.1. The fourth-order valence-corrected chi connectivity index (χ4v) is 2.46. The van der Waals surface area contributed by atoms with Gasteiger partial charge in [0.2, 0.25) is 0 Å². The first-order chi connectivity index (χ1) is 8.29. The number of hydrogen-bond acceptors (Lipinski definition) is 2. The smallest absolute Gasteiger partial charge is 0.132 e. The molecule has 0 unspecified atom stereocenters. The summed E-state index contributed by atoms with van der Waals surface area (Å²) in [6.07, 6.45) is 4.73. The summed E-state index contributed by atoms with van der Waals surface area (Å²) in [4.78, 5) is 11.2. The topological polar surface area (TPSA) is 29.1 Å². The Morgan fingerprint density at radius 3 is 2.65 bits per heavy atom. The Morgan fingerprint density at radius 2 is 1.94 bits per heavy atom. The number of para-hydroxylation sites is 1. The molecule has 0 radical (unpaired) electrons. The molecule has 2 rings (SSSR count). The Bertz CT molecular complexity index is 376. The molecule has 2 nitrogen and oxygen atoms in total. The third kappa shape index (κ3) is 3.32. The summed E-state index contributed by atoms with van der Waals surface area (Å²) >= 11 is 0. The van der Waals surface area contributed by atoms with Crippen LogP contribution in [0, 0.1) is 5.92 Å². The maximum absolute atomic E-state index is 11.2. The highest BCUT2D eigenvalue weighted by Crippen LogP contribution is 2.23. The van der Waals surface area contributed by atoms with Crippen molar-refractivity contribution in [3.8, 4) is 0 Å². The first-order valence-electron chi connectivity index (χ1n) is 6.63. The number of anilines is 1. The lowest BCUT2D eigenvalue weighted by Gasteiger charge is -2.22. The lowest BCUT2D eigenvalue weighted by molar-refractivity contribution is -0.120. The minimum absolute atomic E-state index is 0.440. The standard InChI is InChI=1S/C15H21NO/c1-2-13-5-3-4-6-15(13)16-11-12-7-9-14(17)10-8-12/h3-6,12,16H,2,7-11H2,1H3. The Morgan fingerprint density at radius 1 is 1.24 bits per heavy atom. The monoisotopic (exact) mass is 231 g/mol. The molecule has 1 aliphatic rings. The first-order valence-corrected chi connectivity index (χ1v) is 6.63. The van der Waals surface area contributed by atoms with E-state index in [2.05, 4.69) is 36.5 Å². The number of benzene rings is 1. The van der Waals surface area contributed by atoms with Crippen LogP contribution in [0.15, 0.2) is 24.3 Å². The number of carbonyl (C=O) groups is 1. The summed E-state index contributed by atoms with van der Waals surface area (Å²) in [6, 6.07) is 8.48. The van der Waals surface area contributed by atoms with Crippen LogP contribution in [0.1, 0.15) is 38.2 Å². The van der Waals surface area contributed by atoms with Crippen LogP contribution in [-0.2, 0) is 11.2 Å². The van der Waals surface area contributed by atoms with Gasteiger partial charge in [0.05, 0.1) is 0 Å². The van der Waals surface area contributed by atoms with Crippen LogP contribution in [0.3, 0.4) is 0 Å². The highest BCUT2D eigenvalue weighted by Gasteiger charge is 2.18. The number of carbonyl (C=O) groups excluding carboxylic acids is 1. The van der Waals surface area contributed by atoms with E-state index in [1.165, 1.54) is 11.3 Å². The minimum Gasteiger partial charge on any atom is -0.385 e. The van der Waals surface area contributed by atoms with E-state index >= 15 is 0 Å². The number of ketones is 1. The van der Waals surface area contributed by atoms with Gasteiger partial charge in [-0.15, -0.1) is 0 Å². The van der Waals surface area contributed by atoms with Crippen molar-refractivity contribution < 1.29 is 4.79 Å². The molecule has 0 spiro atoms. The Labute approximate surface area is 103 Å². The van der Waals surface area contributed by atoms with E-state index in [9.17, 15) is 4.79 Å². The molecule has 0 bridgehead atoms. The number of rotatable bonds is 4. The molecule has 1 aliphatic carbocycles. The van der Waals surface area contributed by atoms with Crippen LogP contribution in [0.5, 0.6) is 0 Å². The van der Waals surface area contributed by atoms with E-state index in [0.717, 1.165) is 38.6 Å². The Kier molecular flexibility index (Phi) is 4.18. The van der Waals surface area contributed by atoms with E-state index in [-0.39, 0.29) is 0 Å². The molecule has 1 aromatic carbocycles. The van der Waals surface area contributed by atoms with Gasteiger partial charge < -0.3 is 5.32 Å². The highest BCUT2D eigenvalue weighted by atomic mass is 16.1. The second kappa shape index (κ2) is 5.85. The lowest BCUT2D eigenvalue weighted by Crippen LogP contribution is -2.21. The van der Waals surface area contributed by atoms with Gasteiger partial charge in [0, 0.05) is 25.1 Å². The molecule has 1 N–H and O–H groups in total. The molecule has 1 fully saturated rings. The number of Topliss-reactive ketones (excluding diaryl/α,β-unsaturated/α-hetero) is 1. The maximum atomic E-state index is 11.2. The van der Waals surface area contributed by atoms with E-state index in [0.29, 0.717) is 11.7 Å². The molecule has 0 aliphatic heterocycles. The van der Waals surface area contributed by atoms with Gasteiger partial charge >= 0.3 is 0 Å². The summed E-state index contributed by atoms with van der Waals surface area (Å²) in [5.41, 5.74) is 2.63. The van der Waals surface area contributed by atoms with Gasteiger partial charge in [-0.1, -0.05) is 25.1 Å². The maximum Gasteiger partial charge on any atom is 0.132 e. The molecule has 17 heavy (non-hydrogen) atoms. The summed E-state index contributed by atoms with van der Waals surface area (Å²) in [6.45, 7) is 3.18. The molecule has 0 aromatic heterocycles. The van der Waals surface area contributed by atoms with Gasteiger partial charge in [0.25, 0.3) is 0 Å². The largest absolute Gasteiger partial charge is 0.385 e. The minimum atomic E-state index is 0.440. The van der Waals surface area contributed by atoms with Crippen LogP contribution in [0.2, 0.25) is 0 Å². The van der Waals surface area contributed by atoms with Crippen LogP contribution in [-0.4, -0.2) is 12.3 Å². The van der Waals surface area contributed by atoms with Gasteiger partial charge in [-0.05, 0) is 36.8 Å². The Hall–Kier alpha value is -1.31. The zero-order valence-corrected chi connectivity index (χ0v) is 10.5. The quantitative estimate of drug-likeness (QED) is 0.860. The van der Waals surface area contributed by atoms with Crippen molar-refractivity contribution in [2.45, 2.75) is 39.0 Å². The van der Waals surface area contributed by atoms with E-state index < -0.39 is 0 Å². The van der Waals surface area contributed by atoms with Crippen LogP contribution in [0.4, 0.5) is 5.69 Å². The van der Waals surface area contributed by atoms with E-state index in [1.807, 2.05) is 0 Å². The molecule has 1 aromatic rings. The third-order valence-corrected chi connectivity index (χ3v) is 3.64. The second-order valence-corrected chi connectivity index (χ2v) is 4.87. The van der Waals surface area contributed by atoms with Crippen molar-refractivity contribution >= 4 is 11.5 Å². The van der Waals surface area contributed by atoms with Crippen molar-refractivity contribution in [1.29, 1.82) is 0 Å². The second-order valence-electron chi connectivity index (χ2n) is 4.87. The summed E-state index contributed by atoms with van der Waals surface area (Å²) in [7, 11) is 0.